The summed E-state index contributed by atoms with van der Waals surface area (Å²) in [5.74, 6) is 0.0705. The minimum Gasteiger partial charge on any atom is -0.325 e. The van der Waals surface area contributed by atoms with Crippen molar-refractivity contribution in [2.45, 2.75) is 24.4 Å². The van der Waals surface area contributed by atoms with Crippen molar-refractivity contribution in [2.24, 2.45) is 0 Å². The maximum atomic E-state index is 14.5. The summed E-state index contributed by atoms with van der Waals surface area (Å²) in [6.45, 7) is 0. The van der Waals surface area contributed by atoms with E-state index in [1.165, 1.54) is 35.4 Å². The summed E-state index contributed by atoms with van der Waals surface area (Å²) in [7, 11) is 0. The molecule has 7 heteroatoms. The Labute approximate surface area is 189 Å². The molecule has 0 fully saturated rings. The van der Waals surface area contributed by atoms with E-state index in [0.717, 1.165) is 24.2 Å². The lowest BCUT2D eigenvalue weighted by Gasteiger charge is -2.11. The topological polar surface area (TPSA) is 59.8 Å². The number of fused-ring (bicyclic) bond motifs is 1. The van der Waals surface area contributed by atoms with Crippen LogP contribution in [0.3, 0.4) is 0 Å². The summed E-state index contributed by atoms with van der Waals surface area (Å²) < 4.78 is 16.3. The first kappa shape index (κ1) is 20.5. The van der Waals surface area contributed by atoms with Gasteiger partial charge in [0.1, 0.15) is 5.82 Å². The fourth-order valence-electron chi connectivity index (χ4n) is 3.97. The number of aryl methyl sites for hydroxylation is 2. The molecule has 0 atom stereocenters. The molecule has 0 bridgehead atoms. The normalized spacial score (nSPS) is 12.5. The van der Waals surface area contributed by atoms with Crippen molar-refractivity contribution in [3.05, 3.63) is 89.7 Å². The number of carbonyl (C=O) groups excluding carboxylic acids is 1. The van der Waals surface area contributed by atoms with Crippen molar-refractivity contribution >= 4 is 23.4 Å². The van der Waals surface area contributed by atoms with Crippen LogP contribution in [0.4, 0.5) is 10.1 Å². The lowest BCUT2D eigenvalue weighted by molar-refractivity contribution is -0.113. The second-order valence-corrected chi connectivity index (χ2v) is 8.57. The summed E-state index contributed by atoms with van der Waals surface area (Å²) in [5.41, 5.74) is 4.66. The molecule has 1 aromatic heterocycles. The standard InChI is InChI=1S/C25H21FN4OS/c26-22-12-5-4-11-21(22)24-28-29-25(30(24)20-9-2-1-3-10-20)32-16-23(31)27-19-14-13-17-7-6-8-18(17)15-19/h1-5,9-15H,6-8,16H2,(H,27,31). The van der Waals surface area contributed by atoms with E-state index in [0.29, 0.717) is 16.5 Å². The van der Waals surface area contributed by atoms with Crippen LogP contribution in [0.5, 0.6) is 0 Å². The summed E-state index contributed by atoms with van der Waals surface area (Å²) in [6.07, 6.45) is 3.34. The molecule has 0 saturated carbocycles. The Bertz CT molecular complexity index is 1270. The van der Waals surface area contributed by atoms with E-state index < -0.39 is 0 Å². The molecule has 32 heavy (non-hydrogen) atoms. The second kappa shape index (κ2) is 8.96. The van der Waals surface area contributed by atoms with Crippen molar-refractivity contribution in [3.8, 4) is 17.1 Å². The fourth-order valence-corrected chi connectivity index (χ4v) is 4.72. The van der Waals surface area contributed by atoms with E-state index in [9.17, 15) is 9.18 Å². The van der Waals surface area contributed by atoms with Gasteiger partial charge in [-0.05, 0) is 66.8 Å². The number of nitrogens with one attached hydrogen (secondary N) is 1. The van der Waals surface area contributed by atoms with Crippen molar-refractivity contribution in [2.75, 3.05) is 11.1 Å². The number of amides is 1. The van der Waals surface area contributed by atoms with Crippen LogP contribution >= 0.6 is 11.8 Å². The van der Waals surface area contributed by atoms with Gasteiger partial charge in [-0.15, -0.1) is 10.2 Å². The van der Waals surface area contributed by atoms with Gasteiger partial charge in [0.2, 0.25) is 5.91 Å². The number of nitrogens with zero attached hydrogens (tertiary/aromatic N) is 3. The SMILES string of the molecule is O=C(CSc1nnc(-c2ccccc2F)n1-c1ccccc1)Nc1ccc2c(c1)CCC2. The second-order valence-electron chi connectivity index (χ2n) is 7.63. The van der Waals surface area contributed by atoms with Gasteiger partial charge in [0.05, 0.1) is 11.3 Å². The molecule has 0 unspecified atom stereocenters. The molecule has 5 nitrogen and oxygen atoms in total. The number of rotatable bonds is 6. The molecule has 1 N–H and O–H groups in total. The fraction of sp³-hybridized carbons (Fsp3) is 0.160. The van der Waals surface area contributed by atoms with Gasteiger partial charge in [-0.2, -0.15) is 0 Å². The summed E-state index contributed by atoms with van der Waals surface area (Å²) >= 11 is 1.27. The molecular weight excluding hydrogens is 423 g/mol. The van der Waals surface area contributed by atoms with Gasteiger partial charge in [0, 0.05) is 11.4 Å². The van der Waals surface area contributed by atoms with Gasteiger partial charge in [-0.1, -0.05) is 48.2 Å². The summed E-state index contributed by atoms with van der Waals surface area (Å²) in [5, 5.41) is 12.0. The van der Waals surface area contributed by atoms with Crippen LogP contribution in [0.15, 0.2) is 78.0 Å². The number of halogens is 1. The highest BCUT2D eigenvalue weighted by atomic mass is 32.2. The predicted octanol–water partition coefficient (Wildman–Crippen LogP) is 5.29. The molecule has 1 amide bonds. The molecule has 4 aromatic rings. The van der Waals surface area contributed by atoms with Gasteiger partial charge in [-0.3, -0.25) is 9.36 Å². The number of thioether (sulfide) groups is 1. The number of hydrogen-bond acceptors (Lipinski definition) is 4. The number of hydrogen-bond donors (Lipinski definition) is 1. The lowest BCUT2D eigenvalue weighted by atomic mass is 10.1. The molecule has 0 radical (unpaired) electrons. The van der Waals surface area contributed by atoms with Crippen LogP contribution in [0.2, 0.25) is 0 Å². The van der Waals surface area contributed by atoms with Crippen molar-refractivity contribution in [3.63, 3.8) is 0 Å². The third-order valence-electron chi connectivity index (χ3n) is 5.48. The average molecular weight is 445 g/mol. The molecule has 1 aliphatic carbocycles. The first-order valence-electron chi connectivity index (χ1n) is 10.5. The number of para-hydroxylation sites is 1. The van der Waals surface area contributed by atoms with Crippen LogP contribution in [0.1, 0.15) is 17.5 Å². The van der Waals surface area contributed by atoms with E-state index in [2.05, 4.69) is 27.6 Å². The largest absolute Gasteiger partial charge is 0.325 e. The first-order chi connectivity index (χ1) is 15.7. The minimum absolute atomic E-state index is 0.122. The molecule has 3 aromatic carbocycles. The zero-order chi connectivity index (χ0) is 21.9. The monoisotopic (exact) mass is 444 g/mol. The Morgan fingerprint density at radius 2 is 1.75 bits per heavy atom. The van der Waals surface area contributed by atoms with Crippen molar-refractivity contribution in [1.29, 1.82) is 0 Å². The van der Waals surface area contributed by atoms with Crippen molar-refractivity contribution < 1.29 is 9.18 Å². The maximum Gasteiger partial charge on any atom is 0.234 e. The zero-order valence-electron chi connectivity index (χ0n) is 17.3. The van der Waals surface area contributed by atoms with E-state index in [-0.39, 0.29) is 17.5 Å². The number of aromatic nitrogens is 3. The van der Waals surface area contributed by atoms with Crippen LogP contribution in [-0.4, -0.2) is 26.4 Å². The third kappa shape index (κ3) is 4.16. The molecule has 0 spiro atoms. The lowest BCUT2D eigenvalue weighted by Crippen LogP contribution is -2.14. The van der Waals surface area contributed by atoms with Gasteiger partial charge in [-0.25, -0.2) is 4.39 Å². The highest BCUT2D eigenvalue weighted by Crippen LogP contribution is 2.30. The van der Waals surface area contributed by atoms with E-state index in [4.69, 9.17) is 0 Å². The molecule has 0 saturated heterocycles. The minimum atomic E-state index is -0.372. The van der Waals surface area contributed by atoms with Crippen molar-refractivity contribution in [1.82, 2.24) is 14.8 Å². The summed E-state index contributed by atoms with van der Waals surface area (Å²) in [4.78, 5) is 12.6. The van der Waals surface area contributed by atoms with Crippen LogP contribution in [0, 0.1) is 5.82 Å². The molecule has 5 rings (SSSR count). The first-order valence-corrected chi connectivity index (χ1v) is 11.5. The molecule has 1 aliphatic rings. The highest BCUT2D eigenvalue weighted by molar-refractivity contribution is 7.99. The predicted molar refractivity (Wildman–Crippen MR) is 125 cm³/mol. The molecule has 0 aliphatic heterocycles. The Kier molecular flexibility index (Phi) is 5.73. The number of benzene rings is 3. The van der Waals surface area contributed by atoms with Gasteiger partial charge < -0.3 is 5.32 Å². The highest BCUT2D eigenvalue weighted by Gasteiger charge is 2.19. The van der Waals surface area contributed by atoms with Crippen LogP contribution in [-0.2, 0) is 17.6 Å². The van der Waals surface area contributed by atoms with Gasteiger partial charge in [0.15, 0.2) is 11.0 Å². The van der Waals surface area contributed by atoms with E-state index in [1.54, 1.807) is 22.8 Å². The summed E-state index contributed by atoms with van der Waals surface area (Å²) in [6, 6.07) is 22.1. The smallest absolute Gasteiger partial charge is 0.234 e. The Balaban J connectivity index is 1.38. The molecule has 1 heterocycles. The third-order valence-corrected chi connectivity index (χ3v) is 6.41. The van der Waals surface area contributed by atoms with Gasteiger partial charge in [0.25, 0.3) is 0 Å². The zero-order valence-corrected chi connectivity index (χ0v) is 18.1. The number of anilines is 1. The Morgan fingerprint density at radius 3 is 2.59 bits per heavy atom. The van der Waals surface area contributed by atoms with E-state index >= 15 is 0 Å². The Hall–Kier alpha value is -3.45. The van der Waals surface area contributed by atoms with Gasteiger partial charge >= 0.3 is 0 Å². The average Bonchev–Trinajstić information content (AvgIpc) is 3.45. The Morgan fingerprint density at radius 1 is 0.969 bits per heavy atom. The van der Waals surface area contributed by atoms with E-state index in [1.807, 2.05) is 36.4 Å². The molecule has 160 valence electrons. The quantitative estimate of drug-likeness (QED) is 0.411. The maximum absolute atomic E-state index is 14.5. The van der Waals surface area contributed by atoms with Crippen LogP contribution in [0.25, 0.3) is 17.1 Å². The number of carbonyl (C=O) groups is 1. The molecular formula is C25H21FN4OS. The van der Waals surface area contributed by atoms with Crippen LogP contribution < -0.4 is 5.32 Å².